The number of nitrogens with two attached hydrogens (primary N) is 1. The molecule has 4 heteroatoms. The third-order valence-corrected chi connectivity index (χ3v) is 5.93. The van der Waals surface area contributed by atoms with E-state index in [9.17, 15) is 0 Å². The number of ether oxygens (including phenoxy) is 1. The van der Waals surface area contributed by atoms with Gasteiger partial charge in [-0.1, -0.05) is 0 Å². The topological polar surface area (TPSA) is 61.0 Å². The van der Waals surface area contributed by atoms with Crippen LogP contribution >= 0.6 is 0 Å². The minimum absolute atomic E-state index is 0.428. The van der Waals surface area contributed by atoms with Crippen molar-refractivity contribution in [3.63, 3.8) is 0 Å². The summed E-state index contributed by atoms with van der Waals surface area (Å²) in [7, 11) is 1.62. The molecular formula is C16H23N3O. The number of anilines is 1. The van der Waals surface area contributed by atoms with Gasteiger partial charge in [-0.3, -0.25) is 0 Å². The quantitative estimate of drug-likeness (QED) is 0.900. The van der Waals surface area contributed by atoms with E-state index in [1.54, 1.807) is 7.11 Å². The van der Waals surface area contributed by atoms with Crippen LogP contribution in [0.25, 0.3) is 0 Å². The molecule has 4 aliphatic carbocycles. The van der Waals surface area contributed by atoms with Crippen molar-refractivity contribution in [3.8, 4) is 6.01 Å². The number of nitrogen functional groups attached to an aromatic ring is 1. The Bertz CT molecular complexity index is 515. The van der Waals surface area contributed by atoms with E-state index < -0.39 is 0 Å². The second kappa shape index (κ2) is 4.34. The van der Waals surface area contributed by atoms with Gasteiger partial charge in [0.1, 0.15) is 5.82 Å². The zero-order valence-electron chi connectivity index (χ0n) is 12.3. The van der Waals surface area contributed by atoms with Crippen molar-refractivity contribution in [1.29, 1.82) is 0 Å². The summed E-state index contributed by atoms with van der Waals surface area (Å²) in [6, 6.07) is 0.428. The van der Waals surface area contributed by atoms with Gasteiger partial charge in [0.2, 0.25) is 0 Å². The molecule has 2 N–H and O–H groups in total. The highest BCUT2D eigenvalue weighted by molar-refractivity contribution is 5.44. The highest BCUT2D eigenvalue weighted by Crippen LogP contribution is 2.60. The van der Waals surface area contributed by atoms with Crippen LogP contribution in [0, 0.1) is 30.6 Å². The Balaban J connectivity index is 1.76. The molecule has 4 bridgehead atoms. The van der Waals surface area contributed by atoms with Gasteiger partial charge < -0.3 is 10.5 Å². The van der Waals surface area contributed by atoms with Crippen LogP contribution in [0.1, 0.15) is 49.3 Å². The minimum atomic E-state index is 0.428. The monoisotopic (exact) mass is 273 g/mol. The van der Waals surface area contributed by atoms with Gasteiger partial charge in [0, 0.05) is 11.5 Å². The van der Waals surface area contributed by atoms with Gasteiger partial charge in [-0.15, -0.1) is 0 Å². The second-order valence-electron chi connectivity index (χ2n) is 7.06. The van der Waals surface area contributed by atoms with E-state index in [-0.39, 0.29) is 0 Å². The van der Waals surface area contributed by atoms with Crippen LogP contribution in [0.3, 0.4) is 0 Å². The number of methoxy groups -OCH3 is 1. The summed E-state index contributed by atoms with van der Waals surface area (Å²) in [5, 5.41) is 0. The third kappa shape index (κ3) is 1.73. The summed E-state index contributed by atoms with van der Waals surface area (Å²) in [4.78, 5) is 8.89. The maximum Gasteiger partial charge on any atom is 0.318 e. The van der Waals surface area contributed by atoms with E-state index in [0.717, 1.165) is 29.2 Å². The second-order valence-corrected chi connectivity index (χ2v) is 7.06. The van der Waals surface area contributed by atoms with Gasteiger partial charge in [0.15, 0.2) is 0 Å². The minimum Gasteiger partial charge on any atom is -0.467 e. The molecule has 4 fully saturated rings. The van der Waals surface area contributed by atoms with Crippen molar-refractivity contribution in [1.82, 2.24) is 9.97 Å². The summed E-state index contributed by atoms with van der Waals surface area (Å²) in [5.41, 5.74) is 8.30. The largest absolute Gasteiger partial charge is 0.467 e. The van der Waals surface area contributed by atoms with E-state index in [1.807, 2.05) is 0 Å². The summed E-state index contributed by atoms with van der Waals surface area (Å²) >= 11 is 0. The molecule has 0 unspecified atom stereocenters. The Morgan fingerprint density at radius 2 is 1.60 bits per heavy atom. The SMILES string of the molecule is COc1nc(N)c(C)c(C2C3CC4CC(C3)CC2C4)n1. The fourth-order valence-corrected chi connectivity index (χ4v) is 5.32. The van der Waals surface area contributed by atoms with Gasteiger partial charge in [-0.2, -0.15) is 9.97 Å². The zero-order valence-corrected chi connectivity index (χ0v) is 12.3. The maximum atomic E-state index is 6.06. The Kier molecular flexibility index (Phi) is 2.69. The molecule has 108 valence electrons. The molecule has 0 radical (unpaired) electrons. The van der Waals surface area contributed by atoms with Gasteiger partial charge in [-0.05, 0) is 62.7 Å². The van der Waals surface area contributed by atoms with Crippen molar-refractivity contribution in [2.45, 2.75) is 44.9 Å². The molecule has 1 aromatic rings. The van der Waals surface area contributed by atoms with E-state index in [2.05, 4.69) is 16.9 Å². The van der Waals surface area contributed by atoms with Crippen LogP contribution in [0.15, 0.2) is 0 Å². The average Bonchev–Trinajstić information content (AvgIpc) is 2.41. The summed E-state index contributed by atoms with van der Waals surface area (Å²) in [6.45, 7) is 2.06. The van der Waals surface area contributed by atoms with Gasteiger partial charge in [0.25, 0.3) is 0 Å². The summed E-state index contributed by atoms with van der Waals surface area (Å²) < 4.78 is 5.23. The molecule has 0 aliphatic heterocycles. The molecule has 20 heavy (non-hydrogen) atoms. The molecular weight excluding hydrogens is 250 g/mol. The molecule has 5 rings (SSSR count). The first-order valence-corrected chi connectivity index (χ1v) is 7.83. The van der Waals surface area contributed by atoms with E-state index >= 15 is 0 Å². The van der Waals surface area contributed by atoms with E-state index in [0.29, 0.717) is 17.7 Å². The Labute approximate surface area is 120 Å². The molecule has 4 aliphatic rings. The lowest BCUT2D eigenvalue weighted by Crippen LogP contribution is -2.44. The van der Waals surface area contributed by atoms with Crippen LogP contribution in [-0.2, 0) is 0 Å². The van der Waals surface area contributed by atoms with Crippen molar-refractivity contribution in [2.75, 3.05) is 12.8 Å². The maximum absolute atomic E-state index is 6.06. The first kappa shape index (κ1) is 12.4. The van der Waals surface area contributed by atoms with Crippen LogP contribution in [-0.4, -0.2) is 17.1 Å². The predicted molar refractivity (Wildman–Crippen MR) is 77.5 cm³/mol. The molecule has 0 aromatic carbocycles. The zero-order chi connectivity index (χ0) is 13.9. The van der Waals surface area contributed by atoms with Crippen LogP contribution in [0.5, 0.6) is 6.01 Å². The molecule has 0 saturated heterocycles. The van der Waals surface area contributed by atoms with Crippen molar-refractivity contribution in [3.05, 3.63) is 11.3 Å². The summed E-state index contributed by atoms with van der Waals surface area (Å²) in [6.07, 6.45) is 7.05. The van der Waals surface area contributed by atoms with Crippen LogP contribution in [0.2, 0.25) is 0 Å². The standard InChI is InChI=1S/C16H23N3O/c1-8-14(18-16(20-2)19-15(8)17)13-11-4-9-3-10(6-11)7-12(13)5-9/h9-13H,3-7H2,1-2H3,(H2,17,18,19). The molecule has 0 spiro atoms. The fraction of sp³-hybridized carbons (Fsp3) is 0.750. The smallest absolute Gasteiger partial charge is 0.318 e. The average molecular weight is 273 g/mol. The fourth-order valence-electron chi connectivity index (χ4n) is 5.32. The molecule has 1 aromatic heterocycles. The molecule has 4 nitrogen and oxygen atoms in total. The highest BCUT2D eigenvalue weighted by atomic mass is 16.5. The lowest BCUT2D eigenvalue weighted by atomic mass is 9.51. The molecule has 4 saturated carbocycles. The van der Waals surface area contributed by atoms with E-state index in [1.165, 1.54) is 37.8 Å². The first-order chi connectivity index (χ1) is 9.65. The normalized spacial score (nSPS) is 38.2. The Morgan fingerprint density at radius 3 is 2.15 bits per heavy atom. The highest BCUT2D eigenvalue weighted by Gasteiger charge is 2.49. The number of aromatic nitrogens is 2. The first-order valence-electron chi connectivity index (χ1n) is 7.83. The van der Waals surface area contributed by atoms with Crippen LogP contribution in [0.4, 0.5) is 5.82 Å². The Hall–Kier alpha value is -1.32. The Morgan fingerprint density at radius 1 is 1.00 bits per heavy atom. The van der Waals surface area contributed by atoms with Crippen molar-refractivity contribution in [2.24, 2.45) is 23.7 Å². The number of rotatable bonds is 2. The van der Waals surface area contributed by atoms with Gasteiger partial charge in [-0.25, -0.2) is 0 Å². The van der Waals surface area contributed by atoms with Crippen LogP contribution < -0.4 is 10.5 Å². The van der Waals surface area contributed by atoms with Crippen molar-refractivity contribution < 1.29 is 4.74 Å². The number of hydrogen-bond donors (Lipinski definition) is 1. The third-order valence-electron chi connectivity index (χ3n) is 5.93. The molecule has 0 amide bonds. The molecule has 0 atom stereocenters. The number of hydrogen-bond acceptors (Lipinski definition) is 4. The van der Waals surface area contributed by atoms with Gasteiger partial charge >= 0.3 is 6.01 Å². The molecule has 1 heterocycles. The van der Waals surface area contributed by atoms with Gasteiger partial charge in [0.05, 0.1) is 12.8 Å². The lowest BCUT2D eigenvalue weighted by Gasteiger charge is -2.54. The van der Waals surface area contributed by atoms with Crippen molar-refractivity contribution >= 4 is 5.82 Å². The summed E-state index contributed by atoms with van der Waals surface area (Å²) in [5.74, 6) is 4.75. The lowest BCUT2D eigenvalue weighted by molar-refractivity contribution is -0.00453. The predicted octanol–water partition coefficient (Wildman–Crippen LogP) is 2.92. The number of nitrogens with zero attached hydrogens (tertiary/aromatic N) is 2. The van der Waals surface area contributed by atoms with E-state index in [4.69, 9.17) is 10.5 Å².